The molecule has 0 saturated heterocycles. The lowest BCUT2D eigenvalue weighted by molar-refractivity contribution is 0.177. The first kappa shape index (κ1) is 12.9. The summed E-state index contributed by atoms with van der Waals surface area (Å²) in [5, 5.41) is 3.35. The summed E-state index contributed by atoms with van der Waals surface area (Å²) in [6.07, 6.45) is 2.04. The number of methoxy groups -OCH3 is 1. The van der Waals surface area contributed by atoms with Crippen molar-refractivity contribution >= 4 is 5.82 Å². The van der Waals surface area contributed by atoms with Gasteiger partial charge in [-0.15, -0.1) is 0 Å². The number of aryl methyl sites for hydroxylation is 1. The van der Waals surface area contributed by atoms with Crippen LogP contribution in [0.2, 0.25) is 0 Å². The molecule has 0 fully saturated rings. The number of hydrogen-bond acceptors (Lipinski definition) is 4. The van der Waals surface area contributed by atoms with Crippen molar-refractivity contribution in [2.75, 3.05) is 19.0 Å². The van der Waals surface area contributed by atoms with Gasteiger partial charge in [0.15, 0.2) is 5.82 Å². The largest absolute Gasteiger partial charge is 0.377 e. The normalized spacial score (nSPS) is 10.5. The molecule has 1 aromatic heterocycles. The van der Waals surface area contributed by atoms with E-state index in [0.29, 0.717) is 6.61 Å². The molecule has 0 saturated carbocycles. The van der Waals surface area contributed by atoms with Gasteiger partial charge in [0.2, 0.25) is 0 Å². The van der Waals surface area contributed by atoms with Crippen LogP contribution in [0.3, 0.4) is 0 Å². The average molecular weight is 223 g/mol. The minimum absolute atomic E-state index is 0.464. The van der Waals surface area contributed by atoms with E-state index in [2.05, 4.69) is 29.1 Å². The molecule has 4 heteroatoms. The van der Waals surface area contributed by atoms with E-state index in [9.17, 15) is 0 Å². The van der Waals surface area contributed by atoms with E-state index in [0.717, 1.165) is 36.7 Å². The third kappa shape index (κ3) is 3.17. The molecule has 1 rings (SSSR count). The van der Waals surface area contributed by atoms with Gasteiger partial charge in [-0.3, -0.25) is 0 Å². The lowest BCUT2D eigenvalue weighted by atomic mass is 10.1. The monoisotopic (exact) mass is 223 g/mol. The quantitative estimate of drug-likeness (QED) is 0.804. The first-order valence-electron chi connectivity index (χ1n) is 5.82. The van der Waals surface area contributed by atoms with Gasteiger partial charge in [-0.1, -0.05) is 13.8 Å². The lowest BCUT2D eigenvalue weighted by Gasteiger charge is -2.13. The van der Waals surface area contributed by atoms with Crippen molar-refractivity contribution in [3.63, 3.8) is 0 Å². The fourth-order valence-electron chi connectivity index (χ4n) is 1.66. The highest BCUT2D eigenvalue weighted by molar-refractivity contribution is 5.46. The maximum atomic E-state index is 5.06. The number of ether oxygens (including phenoxy) is 1. The SMILES string of the molecule is CCCNc1nc(COC)nc(C)c1CC. The second-order valence-electron chi connectivity index (χ2n) is 3.77. The summed E-state index contributed by atoms with van der Waals surface area (Å²) < 4.78 is 5.06. The number of aromatic nitrogens is 2. The molecule has 1 N–H and O–H groups in total. The fourth-order valence-corrected chi connectivity index (χ4v) is 1.66. The maximum absolute atomic E-state index is 5.06. The van der Waals surface area contributed by atoms with E-state index in [1.165, 1.54) is 5.56 Å². The Morgan fingerprint density at radius 2 is 2.00 bits per heavy atom. The van der Waals surface area contributed by atoms with Crippen molar-refractivity contribution in [3.8, 4) is 0 Å². The molecular formula is C12H21N3O. The molecule has 4 nitrogen and oxygen atoms in total. The third-order valence-corrected chi connectivity index (χ3v) is 2.43. The zero-order chi connectivity index (χ0) is 12.0. The molecule has 0 bridgehead atoms. The highest BCUT2D eigenvalue weighted by Crippen LogP contribution is 2.17. The van der Waals surface area contributed by atoms with E-state index in [4.69, 9.17) is 4.74 Å². The average Bonchev–Trinajstić information content (AvgIpc) is 2.26. The van der Waals surface area contributed by atoms with Crippen molar-refractivity contribution in [2.24, 2.45) is 0 Å². The van der Waals surface area contributed by atoms with Crippen LogP contribution in [0.15, 0.2) is 0 Å². The smallest absolute Gasteiger partial charge is 0.156 e. The first-order valence-corrected chi connectivity index (χ1v) is 5.82. The predicted molar refractivity (Wildman–Crippen MR) is 65.6 cm³/mol. The summed E-state index contributed by atoms with van der Waals surface area (Å²) in [7, 11) is 1.66. The Hall–Kier alpha value is -1.16. The minimum Gasteiger partial charge on any atom is -0.377 e. The van der Waals surface area contributed by atoms with Crippen molar-refractivity contribution in [1.29, 1.82) is 0 Å². The van der Waals surface area contributed by atoms with E-state index >= 15 is 0 Å². The van der Waals surface area contributed by atoms with Crippen LogP contribution in [-0.2, 0) is 17.8 Å². The van der Waals surface area contributed by atoms with Crippen molar-refractivity contribution in [1.82, 2.24) is 9.97 Å². The molecule has 90 valence electrons. The summed E-state index contributed by atoms with van der Waals surface area (Å²) in [4.78, 5) is 8.91. The second-order valence-corrected chi connectivity index (χ2v) is 3.77. The molecule has 0 unspecified atom stereocenters. The van der Waals surface area contributed by atoms with Crippen LogP contribution in [0, 0.1) is 6.92 Å². The predicted octanol–water partition coefficient (Wildman–Crippen LogP) is 2.32. The van der Waals surface area contributed by atoms with Gasteiger partial charge in [-0.05, 0) is 19.8 Å². The molecule has 0 atom stereocenters. The molecule has 0 amide bonds. The fraction of sp³-hybridized carbons (Fsp3) is 0.667. The van der Waals surface area contributed by atoms with Gasteiger partial charge in [0.1, 0.15) is 12.4 Å². The molecule has 1 aromatic rings. The molecule has 0 aliphatic heterocycles. The zero-order valence-corrected chi connectivity index (χ0v) is 10.6. The molecule has 0 aromatic carbocycles. The Bertz CT molecular complexity index is 339. The van der Waals surface area contributed by atoms with Gasteiger partial charge in [0.05, 0.1) is 0 Å². The molecule has 0 radical (unpaired) electrons. The minimum atomic E-state index is 0.464. The highest BCUT2D eigenvalue weighted by atomic mass is 16.5. The Morgan fingerprint density at radius 3 is 2.56 bits per heavy atom. The number of hydrogen-bond donors (Lipinski definition) is 1. The van der Waals surface area contributed by atoms with E-state index < -0.39 is 0 Å². The zero-order valence-electron chi connectivity index (χ0n) is 10.6. The van der Waals surface area contributed by atoms with Crippen LogP contribution in [0.4, 0.5) is 5.82 Å². The number of anilines is 1. The summed E-state index contributed by atoms with van der Waals surface area (Å²) in [5.74, 6) is 1.71. The summed E-state index contributed by atoms with van der Waals surface area (Å²) >= 11 is 0. The molecular weight excluding hydrogens is 202 g/mol. The second kappa shape index (κ2) is 6.43. The Balaban J connectivity index is 2.99. The number of nitrogens with one attached hydrogen (secondary N) is 1. The number of nitrogens with zero attached hydrogens (tertiary/aromatic N) is 2. The van der Waals surface area contributed by atoms with Gasteiger partial charge in [0, 0.05) is 24.9 Å². The lowest BCUT2D eigenvalue weighted by Crippen LogP contribution is -2.11. The molecule has 1 heterocycles. The third-order valence-electron chi connectivity index (χ3n) is 2.43. The molecule has 0 spiro atoms. The van der Waals surface area contributed by atoms with Crippen molar-refractivity contribution in [2.45, 2.75) is 40.2 Å². The van der Waals surface area contributed by atoms with E-state index in [1.807, 2.05) is 6.92 Å². The molecule has 16 heavy (non-hydrogen) atoms. The van der Waals surface area contributed by atoms with E-state index in [1.54, 1.807) is 7.11 Å². The number of rotatable bonds is 6. The van der Waals surface area contributed by atoms with Gasteiger partial charge < -0.3 is 10.1 Å². The van der Waals surface area contributed by atoms with Gasteiger partial charge in [-0.25, -0.2) is 9.97 Å². The van der Waals surface area contributed by atoms with Crippen LogP contribution >= 0.6 is 0 Å². The Morgan fingerprint density at radius 1 is 1.25 bits per heavy atom. The maximum Gasteiger partial charge on any atom is 0.156 e. The van der Waals surface area contributed by atoms with E-state index in [-0.39, 0.29) is 0 Å². The standard InChI is InChI=1S/C12H21N3O/c1-5-7-13-12-10(6-2)9(3)14-11(15-12)8-16-4/h5-8H2,1-4H3,(H,13,14,15). The van der Waals surface area contributed by atoms with Crippen molar-refractivity contribution < 1.29 is 4.74 Å². The topological polar surface area (TPSA) is 47.0 Å². The molecule has 0 aliphatic rings. The van der Waals surface area contributed by atoms with Gasteiger partial charge >= 0.3 is 0 Å². The van der Waals surface area contributed by atoms with Gasteiger partial charge in [-0.2, -0.15) is 0 Å². The summed E-state index contributed by atoms with van der Waals surface area (Å²) in [6, 6.07) is 0. The Labute approximate surface area is 97.5 Å². The van der Waals surface area contributed by atoms with Gasteiger partial charge in [0.25, 0.3) is 0 Å². The molecule has 0 aliphatic carbocycles. The van der Waals surface area contributed by atoms with Crippen LogP contribution in [0.25, 0.3) is 0 Å². The van der Waals surface area contributed by atoms with Crippen LogP contribution in [-0.4, -0.2) is 23.6 Å². The summed E-state index contributed by atoms with van der Waals surface area (Å²) in [5.41, 5.74) is 2.25. The van der Waals surface area contributed by atoms with Crippen molar-refractivity contribution in [3.05, 3.63) is 17.1 Å². The first-order chi connectivity index (χ1) is 7.72. The summed E-state index contributed by atoms with van der Waals surface area (Å²) in [6.45, 7) is 7.69. The Kier molecular flexibility index (Phi) is 5.19. The van der Waals surface area contributed by atoms with Crippen LogP contribution in [0.1, 0.15) is 37.4 Å². The van der Waals surface area contributed by atoms with Crippen LogP contribution in [0.5, 0.6) is 0 Å². The van der Waals surface area contributed by atoms with Crippen LogP contribution < -0.4 is 5.32 Å². The highest BCUT2D eigenvalue weighted by Gasteiger charge is 2.09.